The van der Waals surface area contributed by atoms with Crippen LogP contribution in [0.25, 0.3) is 0 Å². The molecule has 0 amide bonds. The summed E-state index contributed by atoms with van der Waals surface area (Å²) < 4.78 is 6.03. The second-order valence-electron chi connectivity index (χ2n) is 6.83. The van der Waals surface area contributed by atoms with Crippen molar-refractivity contribution in [1.29, 1.82) is 0 Å². The predicted octanol–water partition coefficient (Wildman–Crippen LogP) is 3.77. The maximum Gasteiger partial charge on any atom is 0.0942 e. The van der Waals surface area contributed by atoms with Crippen LogP contribution in [0.5, 0.6) is 0 Å². The van der Waals surface area contributed by atoms with E-state index < -0.39 is 0 Å². The van der Waals surface area contributed by atoms with E-state index in [1.807, 2.05) is 0 Å². The molecule has 2 aliphatic rings. The predicted molar refractivity (Wildman–Crippen MR) is 74.5 cm³/mol. The first-order chi connectivity index (χ1) is 8.57. The SMILES string of the molecule is CCOC1(C(O)C2CC(C)CC(C)C2)CCCC1. The van der Waals surface area contributed by atoms with Gasteiger partial charge in [0.2, 0.25) is 0 Å². The fourth-order valence-corrected chi connectivity index (χ4v) is 4.48. The molecule has 0 aromatic carbocycles. The highest BCUT2D eigenvalue weighted by molar-refractivity contribution is 4.97. The van der Waals surface area contributed by atoms with Crippen molar-refractivity contribution in [3.63, 3.8) is 0 Å². The molecule has 0 radical (unpaired) electrons. The Bertz CT molecular complexity index is 248. The molecule has 0 aromatic rings. The zero-order valence-electron chi connectivity index (χ0n) is 12.3. The van der Waals surface area contributed by atoms with E-state index in [-0.39, 0.29) is 11.7 Å². The first-order valence-corrected chi connectivity index (χ1v) is 7.89. The van der Waals surface area contributed by atoms with Gasteiger partial charge >= 0.3 is 0 Å². The molecule has 0 aliphatic heterocycles. The van der Waals surface area contributed by atoms with Gasteiger partial charge in [0.1, 0.15) is 0 Å². The van der Waals surface area contributed by atoms with Crippen molar-refractivity contribution in [3.05, 3.63) is 0 Å². The molecule has 0 saturated heterocycles. The molecular formula is C16H30O2. The zero-order valence-corrected chi connectivity index (χ0v) is 12.3. The van der Waals surface area contributed by atoms with Gasteiger partial charge in [0, 0.05) is 6.61 Å². The molecule has 18 heavy (non-hydrogen) atoms. The summed E-state index contributed by atoms with van der Waals surface area (Å²) in [5, 5.41) is 10.9. The lowest BCUT2D eigenvalue weighted by Gasteiger charge is -2.42. The van der Waals surface area contributed by atoms with Gasteiger partial charge in [0.25, 0.3) is 0 Å². The monoisotopic (exact) mass is 254 g/mol. The van der Waals surface area contributed by atoms with Gasteiger partial charge in [0.05, 0.1) is 11.7 Å². The average Bonchev–Trinajstić information content (AvgIpc) is 2.77. The molecule has 1 N–H and O–H groups in total. The fraction of sp³-hybridized carbons (Fsp3) is 1.00. The minimum atomic E-state index is -0.245. The van der Waals surface area contributed by atoms with Gasteiger partial charge < -0.3 is 9.84 Å². The van der Waals surface area contributed by atoms with E-state index in [4.69, 9.17) is 4.74 Å². The number of aliphatic hydroxyl groups excluding tert-OH is 1. The fourth-order valence-electron chi connectivity index (χ4n) is 4.48. The van der Waals surface area contributed by atoms with Gasteiger partial charge in [-0.15, -0.1) is 0 Å². The van der Waals surface area contributed by atoms with E-state index >= 15 is 0 Å². The Morgan fingerprint density at radius 3 is 2.17 bits per heavy atom. The Labute approximate surface area is 112 Å². The lowest BCUT2D eigenvalue weighted by Crippen LogP contribution is -2.48. The highest BCUT2D eigenvalue weighted by Crippen LogP contribution is 2.44. The van der Waals surface area contributed by atoms with Gasteiger partial charge in [-0.25, -0.2) is 0 Å². The van der Waals surface area contributed by atoms with Crippen molar-refractivity contribution in [2.45, 2.75) is 77.4 Å². The van der Waals surface area contributed by atoms with Crippen LogP contribution in [0.4, 0.5) is 0 Å². The number of hydrogen-bond acceptors (Lipinski definition) is 2. The maximum atomic E-state index is 10.9. The summed E-state index contributed by atoms with van der Waals surface area (Å²) in [6.45, 7) is 7.45. The summed E-state index contributed by atoms with van der Waals surface area (Å²) in [6.07, 6.45) is 7.99. The van der Waals surface area contributed by atoms with Crippen molar-refractivity contribution in [2.75, 3.05) is 6.61 Å². The van der Waals surface area contributed by atoms with Crippen LogP contribution < -0.4 is 0 Å². The standard InChI is InChI=1S/C16H30O2/c1-4-18-16(7-5-6-8-16)15(17)14-10-12(2)9-13(3)11-14/h12-15,17H,4-11H2,1-3H3. The maximum absolute atomic E-state index is 10.9. The summed E-state index contributed by atoms with van der Waals surface area (Å²) in [5.74, 6) is 1.97. The van der Waals surface area contributed by atoms with Gasteiger partial charge in [-0.1, -0.05) is 26.7 Å². The van der Waals surface area contributed by atoms with Crippen LogP contribution in [0.3, 0.4) is 0 Å². The molecule has 2 heteroatoms. The van der Waals surface area contributed by atoms with E-state index in [1.165, 1.54) is 32.1 Å². The Morgan fingerprint density at radius 1 is 1.11 bits per heavy atom. The molecule has 2 rings (SSSR count). The minimum absolute atomic E-state index is 0.212. The Kier molecular flexibility index (Phi) is 4.71. The van der Waals surface area contributed by atoms with E-state index in [2.05, 4.69) is 20.8 Å². The molecule has 3 atom stereocenters. The molecule has 2 saturated carbocycles. The number of ether oxygens (including phenoxy) is 1. The van der Waals surface area contributed by atoms with Gasteiger partial charge in [0.15, 0.2) is 0 Å². The first-order valence-electron chi connectivity index (χ1n) is 7.89. The molecule has 0 bridgehead atoms. The van der Waals surface area contributed by atoms with E-state index in [1.54, 1.807) is 0 Å². The second-order valence-corrected chi connectivity index (χ2v) is 6.83. The van der Waals surface area contributed by atoms with Crippen molar-refractivity contribution >= 4 is 0 Å². The number of hydrogen-bond donors (Lipinski definition) is 1. The topological polar surface area (TPSA) is 29.5 Å². The van der Waals surface area contributed by atoms with Gasteiger partial charge in [-0.05, 0) is 56.8 Å². The van der Waals surface area contributed by atoms with Crippen LogP contribution in [-0.4, -0.2) is 23.4 Å². The second kappa shape index (κ2) is 5.92. The third-order valence-electron chi connectivity index (χ3n) is 5.08. The molecule has 2 nitrogen and oxygen atoms in total. The van der Waals surface area contributed by atoms with Crippen LogP contribution in [0.1, 0.15) is 65.7 Å². The lowest BCUT2D eigenvalue weighted by atomic mass is 9.70. The third-order valence-corrected chi connectivity index (χ3v) is 5.08. The van der Waals surface area contributed by atoms with Crippen LogP contribution in [-0.2, 0) is 4.74 Å². The van der Waals surface area contributed by atoms with Crippen LogP contribution in [0.2, 0.25) is 0 Å². The minimum Gasteiger partial charge on any atom is -0.390 e. The van der Waals surface area contributed by atoms with Crippen molar-refractivity contribution in [2.24, 2.45) is 17.8 Å². The summed E-state index contributed by atoms with van der Waals surface area (Å²) in [5.41, 5.74) is -0.212. The highest BCUT2D eigenvalue weighted by atomic mass is 16.5. The first kappa shape index (κ1) is 14.3. The zero-order chi connectivity index (χ0) is 13.2. The Morgan fingerprint density at radius 2 is 1.67 bits per heavy atom. The van der Waals surface area contributed by atoms with Crippen molar-refractivity contribution < 1.29 is 9.84 Å². The van der Waals surface area contributed by atoms with Crippen LogP contribution in [0, 0.1) is 17.8 Å². The van der Waals surface area contributed by atoms with E-state index in [0.717, 1.165) is 31.3 Å². The quantitative estimate of drug-likeness (QED) is 0.827. The Balaban J connectivity index is 2.05. The average molecular weight is 254 g/mol. The smallest absolute Gasteiger partial charge is 0.0942 e. The van der Waals surface area contributed by atoms with Gasteiger partial charge in [-0.2, -0.15) is 0 Å². The van der Waals surface area contributed by atoms with Crippen molar-refractivity contribution in [3.8, 4) is 0 Å². The molecule has 0 spiro atoms. The number of aliphatic hydroxyl groups is 1. The lowest BCUT2D eigenvalue weighted by molar-refractivity contribution is -0.144. The molecule has 0 heterocycles. The third kappa shape index (κ3) is 2.91. The number of rotatable bonds is 4. The van der Waals surface area contributed by atoms with Crippen molar-refractivity contribution in [1.82, 2.24) is 0 Å². The molecule has 3 unspecified atom stereocenters. The largest absolute Gasteiger partial charge is 0.390 e. The summed E-state index contributed by atoms with van der Waals surface area (Å²) in [6, 6.07) is 0. The molecule has 0 aromatic heterocycles. The summed E-state index contributed by atoms with van der Waals surface area (Å²) in [4.78, 5) is 0. The summed E-state index contributed by atoms with van der Waals surface area (Å²) >= 11 is 0. The van der Waals surface area contributed by atoms with Gasteiger partial charge in [-0.3, -0.25) is 0 Å². The molecule has 2 fully saturated rings. The van der Waals surface area contributed by atoms with E-state index in [0.29, 0.717) is 5.92 Å². The molecule has 2 aliphatic carbocycles. The molecular weight excluding hydrogens is 224 g/mol. The van der Waals surface area contributed by atoms with E-state index in [9.17, 15) is 5.11 Å². The normalized spacial score (nSPS) is 37.7. The summed E-state index contributed by atoms with van der Waals surface area (Å²) in [7, 11) is 0. The Hall–Kier alpha value is -0.0800. The highest BCUT2D eigenvalue weighted by Gasteiger charge is 2.46. The van der Waals surface area contributed by atoms with Crippen LogP contribution in [0.15, 0.2) is 0 Å². The van der Waals surface area contributed by atoms with Crippen LogP contribution >= 0.6 is 0 Å². The molecule has 106 valence electrons.